The Morgan fingerprint density at radius 1 is 0.870 bits per heavy atom. The van der Waals surface area contributed by atoms with Gasteiger partial charge in [0, 0.05) is 42.7 Å². The van der Waals surface area contributed by atoms with Crippen LogP contribution >= 0.6 is 0 Å². The van der Waals surface area contributed by atoms with Crippen LogP contribution in [0.15, 0.2) is 24.8 Å². The van der Waals surface area contributed by atoms with Crippen LogP contribution in [0.5, 0.6) is 11.5 Å². The van der Waals surface area contributed by atoms with E-state index in [4.69, 9.17) is 23.7 Å². The summed E-state index contributed by atoms with van der Waals surface area (Å²) in [5.74, 6) is -0.371. The third kappa shape index (κ3) is 12.1. The van der Waals surface area contributed by atoms with Gasteiger partial charge in [0.1, 0.15) is 0 Å². The molecule has 5 N–H and O–H groups in total. The van der Waals surface area contributed by atoms with Crippen LogP contribution in [-0.4, -0.2) is 130 Å². The monoisotopic (exact) mass is 766 g/mol. The Bertz CT molecular complexity index is 1330. The normalized spacial score (nSPS) is 23.6. The number of hydrogen-bond acceptors (Lipinski definition) is 11. The number of piperidine rings is 1. The predicted molar refractivity (Wildman–Crippen MR) is 212 cm³/mol. The molecule has 0 radical (unpaired) electrons. The number of hydrogen-bond donors (Lipinski definition) is 5. The van der Waals surface area contributed by atoms with E-state index < -0.39 is 33.4 Å². The van der Waals surface area contributed by atoms with Gasteiger partial charge in [-0.1, -0.05) is 19.1 Å². The minimum Gasteiger partial charge on any atom is -0.504 e. The van der Waals surface area contributed by atoms with Gasteiger partial charge >= 0.3 is 0 Å². The number of aliphatic hydroxyl groups is 3. The van der Waals surface area contributed by atoms with E-state index in [1.165, 1.54) is 0 Å². The molecule has 0 aromatic heterocycles. The zero-order chi connectivity index (χ0) is 40.6. The summed E-state index contributed by atoms with van der Waals surface area (Å²) in [5.41, 5.74) is -2.45. The standard InChI is InChI=1S/C43H75NO10/c1-12-20-44-21-16-43(36-32(14-15-34(47)37(36)48)25-35(44)42(43,11)49)26-33(13-2)50-23-18-39(5,6)51-24-19-40(7,8)53-28-31(29-54-41(9,10)30-46)27-52-38(3,4)17-22-45/h12,14-15,31,33,35,45-49H,1,13,16-30H2,2-11H3. The lowest BCUT2D eigenvalue weighted by molar-refractivity contribution is -0.149. The Kier molecular flexibility index (Phi) is 16.5. The molecule has 2 aliphatic rings. The van der Waals surface area contributed by atoms with Crippen molar-refractivity contribution in [1.82, 2.24) is 4.90 Å². The highest BCUT2D eigenvalue weighted by Crippen LogP contribution is 2.57. The third-order valence-electron chi connectivity index (χ3n) is 11.9. The molecule has 5 unspecified atom stereocenters. The molecular weight excluding hydrogens is 690 g/mol. The molecule has 1 fully saturated rings. The molecule has 11 heteroatoms. The van der Waals surface area contributed by atoms with Gasteiger partial charge in [0.15, 0.2) is 11.5 Å². The average molecular weight is 766 g/mol. The summed E-state index contributed by atoms with van der Waals surface area (Å²) < 4.78 is 31.5. The quantitative estimate of drug-likeness (QED) is 0.0586. The number of benzene rings is 1. The maximum absolute atomic E-state index is 12.4. The highest BCUT2D eigenvalue weighted by atomic mass is 16.5. The predicted octanol–water partition coefficient (Wildman–Crippen LogP) is 6.04. The maximum atomic E-state index is 12.4. The summed E-state index contributed by atoms with van der Waals surface area (Å²) in [5, 5.41) is 53.3. The molecule has 312 valence electrons. The second-order valence-electron chi connectivity index (χ2n) is 18.4. The number of nitrogens with zero attached hydrogens (tertiary/aromatic N) is 1. The Hall–Kier alpha value is -1.80. The molecular formula is C43H75NO10. The molecule has 54 heavy (non-hydrogen) atoms. The maximum Gasteiger partial charge on any atom is 0.161 e. The van der Waals surface area contributed by atoms with Gasteiger partial charge in [-0.15, -0.1) is 6.58 Å². The zero-order valence-electron chi connectivity index (χ0n) is 35.2. The van der Waals surface area contributed by atoms with Crippen LogP contribution < -0.4 is 0 Å². The molecule has 1 saturated heterocycles. The fourth-order valence-corrected chi connectivity index (χ4v) is 7.91. The van der Waals surface area contributed by atoms with Crippen molar-refractivity contribution in [3.05, 3.63) is 35.9 Å². The van der Waals surface area contributed by atoms with Crippen molar-refractivity contribution in [2.75, 3.05) is 59.3 Å². The van der Waals surface area contributed by atoms with Gasteiger partial charge in [-0.2, -0.15) is 0 Å². The molecule has 11 nitrogen and oxygen atoms in total. The lowest BCUT2D eigenvalue weighted by Crippen LogP contribution is -2.70. The van der Waals surface area contributed by atoms with Gasteiger partial charge in [-0.25, -0.2) is 0 Å². The SMILES string of the molecule is C=CCN1CCC2(CC(CC)OCCC(C)(C)OCCC(C)(C)OCC(COC(C)(C)CO)COC(C)(C)CCO)c3c(ccc(O)c3O)CC1C2(C)O. The van der Waals surface area contributed by atoms with Crippen LogP contribution in [0.2, 0.25) is 0 Å². The molecule has 1 aliphatic heterocycles. The van der Waals surface area contributed by atoms with Gasteiger partial charge < -0.3 is 49.2 Å². The topological polar surface area (TPSA) is 151 Å². The van der Waals surface area contributed by atoms with Crippen molar-refractivity contribution in [3.8, 4) is 11.5 Å². The Morgan fingerprint density at radius 3 is 2.02 bits per heavy atom. The minimum atomic E-state index is -1.17. The van der Waals surface area contributed by atoms with E-state index in [1.807, 2.05) is 60.6 Å². The third-order valence-corrected chi connectivity index (χ3v) is 11.9. The highest BCUT2D eigenvalue weighted by molar-refractivity contribution is 5.57. The molecule has 1 heterocycles. The molecule has 5 atom stereocenters. The summed E-state index contributed by atoms with van der Waals surface area (Å²) in [6.07, 6.45) is 5.97. The zero-order valence-corrected chi connectivity index (χ0v) is 35.2. The fourth-order valence-electron chi connectivity index (χ4n) is 7.91. The van der Waals surface area contributed by atoms with Crippen LogP contribution in [0.1, 0.15) is 119 Å². The molecule has 1 aromatic rings. The van der Waals surface area contributed by atoms with E-state index in [2.05, 4.69) is 32.3 Å². The highest BCUT2D eigenvalue weighted by Gasteiger charge is 2.61. The van der Waals surface area contributed by atoms with Gasteiger partial charge in [-0.05, 0) is 125 Å². The molecule has 0 saturated carbocycles. The molecule has 1 aliphatic carbocycles. The summed E-state index contributed by atoms with van der Waals surface area (Å²) in [6.45, 7) is 27.2. The van der Waals surface area contributed by atoms with Crippen LogP contribution in [0.25, 0.3) is 0 Å². The summed E-state index contributed by atoms with van der Waals surface area (Å²) in [4.78, 5) is 2.27. The van der Waals surface area contributed by atoms with E-state index >= 15 is 0 Å². The van der Waals surface area contributed by atoms with Crippen molar-refractivity contribution in [2.45, 2.75) is 160 Å². The van der Waals surface area contributed by atoms with Crippen molar-refractivity contribution in [1.29, 1.82) is 0 Å². The first-order chi connectivity index (χ1) is 25.1. The summed E-state index contributed by atoms with van der Waals surface area (Å²) >= 11 is 0. The van der Waals surface area contributed by atoms with Crippen LogP contribution in [0, 0.1) is 5.92 Å². The summed E-state index contributed by atoms with van der Waals surface area (Å²) in [6, 6.07) is 3.27. The number of fused-ring (bicyclic) bond motifs is 4. The number of aromatic hydroxyl groups is 2. The lowest BCUT2D eigenvalue weighted by Gasteiger charge is -2.61. The number of likely N-dealkylation sites (tertiary alicyclic amines) is 1. The van der Waals surface area contributed by atoms with Crippen molar-refractivity contribution >= 4 is 0 Å². The van der Waals surface area contributed by atoms with E-state index in [0.29, 0.717) is 83.7 Å². The fraction of sp³-hybridized carbons (Fsp3) is 0.814. The van der Waals surface area contributed by atoms with Crippen LogP contribution in [-0.2, 0) is 35.5 Å². The minimum absolute atomic E-state index is 0.0450. The molecule has 0 spiro atoms. The van der Waals surface area contributed by atoms with Gasteiger partial charge in [0.2, 0.25) is 0 Å². The second kappa shape index (κ2) is 19.1. The largest absolute Gasteiger partial charge is 0.504 e. The molecule has 1 aromatic carbocycles. The molecule has 2 bridgehead atoms. The van der Waals surface area contributed by atoms with Gasteiger partial charge in [0.05, 0.1) is 67.1 Å². The number of phenolic OH excluding ortho intramolecular Hbond substituents is 2. The first kappa shape index (κ1) is 46.6. The summed E-state index contributed by atoms with van der Waals surface area (Å²) in [7, 11) is 0. The van der Waals surface area contributed by atoms with E-state index in [1.54, 1.807) is 6.07 Å². The first-order valence-corrected chi connectivity index (χ1v) is 20.1. The number of aliphatic hydroxyl groups excluding tert-OH is 2. The lowest BCUT2D eigenvalue weighted by atomic mass is 9.53. The van der Waals surface area contributed by atoms with E-state index in [-0.39, 0.29) is 42.8 Å². The van der Waals surface area contributed by atoms with Crippen molar-refractivity contribution in [2.24, 2.45) is 5.92 Å². The van der Waals surface area contributed by atoms with Gasteiger partial charge in [-0.3, -0.25) is 4.90 Å². The number of rotatable bonds is 25. The van der Waals surface area contributed by atoms with Crippen LogP contribution in [0.3, 0.4) is 0 Å². The first-order valence-electron chi connectivity index (χ1n) is 20.1. The molecule has 3 rings (SSSR count). The second-order valence-corrected chi connectivity index (χ2v) is 18.4. The van der Waals surface area contributed by atoms with E-state index in [9.17, 15) is 25.5 Å². The Morgan fingerprint density at radius 2 is 1.44 bits per heavy atom. The van der Waals surface area contributed by atoms with Gasteiger partial charge in [0.25, 0.3) is 0 Å². The van der Waals surface area contributed by atoms with E-state index in [0.717, 1.165) is 18.5 Å². The average Bonchev–Trinajstić information content (AvgIpc) is 3.07. The number of phenols is 2. The number of ether oxygens (including phenoxy) is 5. The van der Waals surface area contributed by atoms with Crippen molar-refractivity contribution in [3.63, 3.8) is 0 Å². The molecule has 0 amide bonds. The smallest absolute Gasteiger partial charge is 0.161 e. The van der Waals surface area contributed by atoms with Crippen molar-refractivity contribution < 1.29 is 49.2 Å². The van der Waals surface area contributed by atoms with Crippen LogP contribution in [0.4, 0.5) is 0 Å². The Labute approximate surface area is 326 Å². The Balaban J connectivity index is 1.58.